The lowest BCUT2D eigenvalue weighted by Gasteiger charge is -2.12. The highest BCUT2D eigenvalue weighted by molar-refractivity contribution is 5.92. The van der Waals surface area contributed by atoms with Crippen molar-refractivity contribution in [2.45, 2.75) is 12.5 Å². The molecule has 0 saturated carbocycles. The fourth-order valence-corrected chi connectivity index (χ4v) is 2.27. The molecule has 0 aromatic heterocycles. The van der Waals surface area contributed by atoms with E-state index < -0.39 is 0 Å². The second kappa shape index (κ2) is 3.74. The molecule has 0 aliphatic carbocycles. The monoisotopic (exact) mass is 224 g/mol. The van der Waals surface area contributed by atoms with E-state index in [1.54, 1.807) is 0 Å². The first-order valence-corrected chi connectivity index (χ1v) is 5.62. The SMILES string of the molecule is C=C1CC(c2cccc3ccccc23)OC1=O. The molecular formula is C15H12O2. The van der Waals surface area contributed by atoms with Gasteiger partial charge in [-0.25, -0.2) is 4.79 Å². The van der Waals surface area contributed by atoms with Crippen molar-refractivity contribution in [1.29, 1.82) is 0 Å². The third kappa shape index (κ3) is 1.62. The fraction of sp³-hybridized carbons (Fsp3) is 0.133. The summed E-state index contributed by atoms with van der Waals surface area (Å²) in [5.41, 5.74) is 1.62. The van der Waals surface area contributed by atoms with Gasteiger partial charge in [0.25, 0.3) is 0 Å². The third-order valence-corrected chi connectivity index (χ3v) is 3.14. The lowest BCUT2D eigenvalue weighted by atomic mass is 9.98. The van der Waals surface area contributed by atoms with Crippen molar-refractivity contribution in [1.82, 2.24) is 0 Å². The molecule has 1 saturated heterocycles. The van der Waals surface area contributed by atoms with Crippen molar-refractivity contribution in [2.75, 3.05) is 0 Å². The Balaban J connectivity index is 2.12. The number of rotatable bonds is 1. The molecule has 84 valence electrons. The van der Waals surface area contributed by atoms with E-state index in [2.05, 4.69) is 24.8 Å². The first-order chi connectivity index (χ1) is 8.25. The quantitative estimate of drug-likeness (QED) is 0.548. The zero-order valence-corrected chi connectivity index (χ0v) is 9.35. The second-order valence-electron chi connectivity index (χ2n) is 4.27. The maximum atomic E-state index is 11.4. The number of carbonyl (C=O) groups excluding carboxylic acids is 1. The van der Waals surface area contributed by atoms with E-state index >= 15 is 0 Å². The second-order valence-corrected chi connectivity index (χ2v) is 4.27. The van der Waals surface area contributed by atoms with E-state index in [1.165, 1.54) is 5.39 Å². The normalized spacial score (nSPS) is 19.6. The summed E-state index contributed by atoms with van der Waals surface area (Å²) < 4.78 is 5.33. The van der Waals surface area contributed by atoms with E-state index in [9.17, 15) is 4.79 Å². The Kier molecular flexibility index (Phi) is 2.22. The largest absolute Gasteiger partial charge is 0.454 e. The zero-order valence-electron chi connectivity index (χ0n) is 9.35. The Labute approximate surface area is 99.5 Å². The third-order valence-electron chi connectivity index (χ3n) is 3.14. The number of hydrogen-bond donors (Lipinski definition) is 0. The topological polar surface area (TPSA) is 26.3 Å². The molecule has 2 aromatic carbocycles. The molecule has 1 atom stereocenters. The number of ether oxygens (including phenoxy) is 1. The molecule has 0 spiro atoms. The van der Waals surface area contributed by atoms with Gasteiger partial charge in [0.05, 0.1) is 0 Å². The van der Waals surface area contributed by atoms with Gasteiger partial charge < -0.3 is 4.74 Å². The Bertz CT molecular complexity index is 592. The van der Waals surface area contributed by atoms with Crippen LogP contribution in [0.5, 0.6) is 0 Å². The van der Waals surface area contributed by atoms with Crippen molar-refractivity contribution in [3.05, 3.63) is 60.2 Å². The molecule has 1 unspecified atom stereocenters. The summed E-state index contributed by atoms with van der Waals surface area (Å²) in [5.74, 6) is -0.275. The number of benzene rings is 2. The van der Waals surface area contributed by atoms with E-state index in [0.717, 1.165) is 10.9 Å². The fourth-order valence-electron chi connectivity index (χ4n) is 2.27. The Hall–Kier alpha value is -2.09. The Morgan fingerprint density at radius 3 is 2.65 bits per heavy atom. The van der Waals surface area contributed by atoms with E-state index in [-0.39, 0.29) is 12.1 Å². The summed E-state index contributed by atoms with van der Waals surface area (Å²) >= 11 is 0. The predicted octanol–water partition coefficient (Wildman–Crippen LogP) is 3.38. The maximum absolute atomic E-state index is 11.4. The van der Waals surface area contributed by atoms with Crippen molar-refractivity contribution in [3.63, 3.8) is 0 Å². The number of cyclic esters (lactones) is 1. The van der Waals surface area contributed by atoms with Gasteiger partial charge in [-0.2, -0.15) is 0 Å². The molecule has 0 N–H and O–H groups in total. The molecule has 0 amide bonds. The molecule has 0 radical (unpaired) electrons. The zero-order chi connectivity index (χ0) is 11.8. The van der Waals surface area contributed by atoms with Crippen LogP contribution < -0.4 is 0 Å². The van der Waals surface area contributed by atoms with Gasteiger partial charge in [-0.1, -0.05) is 49.0 Å². The number of fused-ring (bicyclic) bond motifs is 1. The van der Waals surface area contributed by atoms with Crippen LogP contribution >= 0.6 is 0 Å². The van der Waals surface area contributed by atoms with Crippen LogP contribution in [0.4, 0.5) is 0 Å². The van der Waals surface area contributed by atoms with E-state index in [1.807, 2.05) is 24.3 Å². The lowest BCUT2D eigenvalue weighted by Crippen LogP contribution is -1.99. The van der Waals surface area contributed by atoms with E-state index in [0.29, 0.717) is 12.0 Å². The lowest BCUT2D eigenvalue weighted by molar-refractivity contribution is -0.139. The highest BCUT2D eigenvalue weighted by Gasteiger charge is 2.29. The maximum Gasteiger partial charge on any atom is 0.334 e. The highest BCUT2D eigenvalue weighted by Crippen LogP contribution is 2.35. The van der Waals surface area contributed by atoms with Gasteiger partial charge in [0, 0.05) is 17.6 Å². The summed E-state index contributed by atoms with van der Waals surface area (Å²) in [7, 11) is 0. The standard InChI is InChI=1S/C15H12O2/c1-10-9-14(17-15(10)16)13-8-4-6-11-5-2-3-7-12(11)13/h2-8,14H,1,9H2. The molecule has 2 heteroatoms. The molecule has 3 rings (SSSR count). The molecule has 2 nitrogen and oxygen atoms in total. The van der Waals surface area contributed by atoms with Crippen molar-refractivity contribution < 1.29 is 9.53 Å². The molecule has 1 aliphatic heterocycles. The predicted molar refractivity (Wildman–Crippen MR) is 66.5 cm³/mol. The van der Waals surface area contributed by atoms with Crippen LogP contribution in [0.15, 0.2) is 54.6 Å². The van der Waals surface area contributed by atoms with Gasteiger partial charge in [0.1, 0.15) is 6.10 Å². The molecule has 2 aromatic rings. The summed E-state index contributed by atoms with van der Waals surface area (Å²) in [5, 5.41) is 2.31. The molecular weight excluding hydrogens is 212 g/mol. The van der Waals surface area contributed by atoms with Crippen LogP contribution in [0.1, 0.15) is 18.1 Å². The summed E-state index contributed by atoms with van der Waals surface area (Å²) in [4.78, 5) is 11.4. The van der Waals surface area contributed by atoms with Gasteiger partial charge >= 0.3 is 5.97 Å². The van der Waals surface area contributed by atoms with Gasteiger partial charge in [0.15, 0.2) is 0 Å². The minimum Gasteiger partial charge on any atom is -0.454 e. The van der Waals surface area contributed by atoms with Crippen LogP contribution in [0.25, 0.3) is 10.8 Å². The molecule has 1 fully saturated rings. The highest BCUT2D eigenvalue weighted by atomic mass is 16.5. The van der Waals surface area contributed by atoms with Crippen molar-refractivity contribution in [2.24, 2.45) is 0 Å². The van der Waals surface area contributed by atoms with Crippen LogP contribution in [0.2, 0.25) is 0 Å². The van der Waals surface area contributed by atoms with Crippen LogP contribution in [0.3, 0.4) is 0 Å². The molecule has 17 heavy (non-hydrogen) atoms. The number of hydrogen-bond acceptors (Lipinski definition) is 2. The Morgan fingerprint density at radius 2 is 1.88 bits per heavy atom. The minimum absolute atomic E-state index is 0.180. The Morgan fingerprint density at radius 1 is 1.12 bits per heavy atom. The summed E-state index contributed by atoms with van der Waals surface area (Å²) in [6.45, 7) is 3.72. The van der Waals surface area contributed by atoms with Crippen LogP contribution in [-0.4, -0.2) is 5.97 Å². The van der Waals surface area contributed by atoms with Crippen LogP contribution in [-0.2, 0) is 9.53 Å². The number of carbonyl (C=O) groups is 1. The molecule has 0 bridgehead atoms. The van der Waals surface area contributed by atoms with Gasteiger partial charge in [-0.3, -0.25) is 0 Å². The van der Waals surface area contributed by atoms with E-state index in [4.69, 9.17) is 4.74 Å². The smallest absolute Gasteiger partial charge is 0.334 e. The average Bonchev–Trinajstić information content (AvgIpc) is 2.69. The van der Waals surface area contributed by atoms with Crippen LogP contribution in [0, 0.1) is 0 Å². The minimum atomic E-state index is -0.275. The first kappa shape index (κ1) is 10.1. The van der Waals surface area contributed by atoms with Gasteiger partial charge in [-0.15, -0.1) is 0 Å². The van der Waals surface area contributed by atoms with Crippen molar-refractivity contribution in [3.8, 4) is 0 Å². The first-order valence-electron chi connectivity index (χ1n) is 5.62. The van der Waals surface area contributed by atoms with Gasteiger partial charge in [0.2, 0.25) is 0 Å². The number of esters is 1. The molecule has 1 heterocycles. The van der Waals surface area contributed by atoms with Gasteiger partial charge in [-0.05, 0) is 10.8 Å². The average molecular weight is 224 g/mol. The molecule has 1 aliphatic rings. The summed E-state index contributed by atoms with van der Waals surface area (Å²) in [6.07, 6.45) is 0.411. The van der Waals surface area contributed by atoms with Crippen molar-refractivity contribution >= 4 is 16.7 Å². The summed E-state index contributed by atoms with van der Waals surface area (Å²) in [6, 6.07) is 14.2.